The zero-order valence-corrected chi connectivity index (χ0v) is 48.6. The van der Waals surface area contributed by atoms with Gasteiger partial charge in [0.25, 0.3) is 0 Å². The smallest absolute Gasteiger partial charge is 0.0540 e. The molecule has 79 heavy (non-hydrogen) atoms. The van der Waals surface area contributed by atoms with Gasteiger partial charge in [-0.25, -0.2) is 0 Å². The standard InChI is InChI=1S/C44H36N2.C16H8Br2.C15H16/c1-29-13-11-14-30(2)43(29)45(35-17-7-5-8-18-35)39-27-23-33-22-26-38-40(28-24-34-21-25-37(39)41(33)42(34)38)46(36-19-9-6-10-20-36)44-31(3)15-12-16-32(44)4;17-13-8-4-10-2-6-12-14(18)7-3-9-1-5-11(13)16(10)15(9)12;1-12-7-6-8-13(2)15(12)11-14-9-4-3-5-10-14/h5-28H,1-4H3;1-8H;3-10H,11H2,1-2H3. The van der Waals surface area contributed by atoms with Crippen LogP contribution in [-0.4, -0.2) is 0 Å². The summed E-state index contributed by atoms with van der Waals surface area (Å²) < 4.78 is 2.31. The highest BCUT2D eigenvalue weighted by atomic mass is 79.9. The number of para-hydroxylation sites is 4. The van der Waals surface area contributed by atoms with Crippen molar-refractivity contribution in [2.75, 3.05) is 9.80 Å². The zero-order chi connectivity index (χ0) is 54.3. The molecule has 0 heterocycles. The van der Waals surface area contributed by atoms with Crippen molar-refractivity contribution in [2.24, 2.45) is 0 Å². The lowest BCUT2D eigenvalue weighted by Gasteiger charge is -2.31. The van der Waals surface area contributed by atoms with Crippen LogP contribution in [-0.2, 0) is 6.42 Å². The van der Waals surface area contributed by atoms with Crippen LogP contribution < -0.4 is 9.80 Å². The summed E-state index contributed by atoms with van der Waals surface area (Å²) in [5, 5.41) is 15.5. The molecule has 14 rings (SSSR count). The molecule has 0 saturated heterocycles. The monoisotopic (exact) mass is 1150 g/mol. The molecular formula is C75H60Br2N2. The van der Waals surface area contributed by atoms with Crippen molar-refractivity contribution in [1.29, 1.82) is 0 Å². The van der Waals surface area contributed by atoms with Crippen LogP contribution in [0.2, 0.25) is 0 Å². The van der Waals surface area contributed by atoms with Gasteiger partial charge in [0, 0.05) is 31.1 Å². The molecule has 0 aliphatic rings. The summed E-state index contributed by atoms with van der Waals surface area (Å²) in [6, 6.07) is 87.7. The molecule has 0 amide bonds. The van der Waals surface area contributed by atoms with Gasteiger partial charge in [-0.2, -0.15) is 0 Å². The molecule has 2 nitrogen and oxygen atoms in total. The highest BCUT2D eigenvalue weighted by Gasteiger charge is 2.24. The summed E-state index contributed by atoms with van der Waals surface area (Å²) in [5.74, 6) is 0. The first-order valence-electron chi connectivity index (χ1n) is 27.2. The highest BCUT2D eigenvalue weighted by Crippen LogP contribution is 2.49. The summed E-state index contributed by atoms with van der Waals surface area (Å²) in [4.78, 5) is 4.90. The average molecular weight is 1150 g/mol. The minimum Gasteiger partial charge on any atom is -0.309 e. The van der Waals surface area contributed by atoms with Crippen molar-refractivity contribution in [1.82, 2.24) is 0 Å². The third kappa shape index (κ3) is 9.68. The molecule has 4 heteroatoms. The Morgan fingerprint density at radius 1 is 0.278 bits per heavy atom. The molecular weight excluding hydrogens is 1090 g/mol. The number of aryl methyl sites for hydroxylation is 6. The number of hydrogen-bond acceptors (Lipinski definition) is 2. The van der Waals surface area contributed by atoms with Crippen LogP contribution >= 0.6 is 31.9 Å². The largest absolute Gasteiger partial charge is 0.309 e. The summed E-state index contributed by atoms with van der Waals surface area (Å²) in [6.45, 7) is 13.2. The Labute approximate surface area is 481 Å². The van der Waals surface area contributed by atoms with Gasteiger partial charge in [0.05, 0.1) is 22.7 Å². The van der Waals surface area contributed by atoms with E-state index in [1.807, 2.05) is 0 Å². The Morgan fingerprint density at radius 2 is 0.582 bits per heavy atom. The van der Waals surface area contributed by atoms with Crippen LogP contribution in [0.25, 0.3) is 64.6 Å². The first-order chi connectivity index (χ1) is 38.5. The first kappa shape index (κ1) is 51.5. The first-order valence-corrected chi connectivity index (χ1v) is 28.8. The molecule has 0 N–H and O–H groups in total. The van der Waals surface area contributed by atoms with E-state index < -0.39 is 0 Å². The van der Waals surface area contributed by atoms with Gasteiger partial charge in [-0.1, -0.05) is 226 Å². The van der Waals surface area contributed by atoms with Crippen molar-refractivity contribution in [3.05, 3.63) is 296 Å². The molecule has 384 valence electrons. The summed E-state index contributed by atoms with van der Waals surface area (Å²) >= 11 is 7.30. The van der Waals surface area contributed by atoms with Gasteiger partial charge in [0.15, 0.2) is 0 Å². The SMILES string of the molecule is Brc1ccc2ccc3c(Br)ccc4ccc1c2c43.Cc1cccc(C)c1Cc1ccccc1.Cc1cccc(C)c1N(c1ccccc1)c1ccc2ccc3c(N(c4ccccc4)c4c(C)cccc4C)ccc4ccc1c2c43. The summed E-state index contributed by atoms with van der Waals surface area (Å²) in [5.41, 5.74) is 17.8. The summed E-state index contributed by atoms with van der Waals surface area (Å²) in [7, 11) is 0. The van der Waals surface area contributed by atoms with E-state index >= 15 is 0 Å². The fourth-order valence-corrected chi connectivity index (χ4v) is 13.0. The van der Waals surface area contributed by atoms with Gasteiger partial charge >= 0.3 is 0 Å². The van der Waals surface area contributed by atoms with E-state index in [0.717, 1.165) is 26.7 Å². The number of anilines is 6. The van der Waals surface area contributed by atoms with Crippen LogP contribution in [0.3, 0.4) is 0 Å². The second-order valence-corrected chi connectivity index (χ2v) is 22.7. The quantitative estimate of drug-likeness (QED) is 0.140. The number of rotatable bonds is 8. The topological polar surface area (TPSA) is 6.48 Å². The van der Waals surface area contributed by atoms with Gasteiger partial charge < -0.3 is 9.80 Å². The van der Waals surface area contributed by atoms with Crippen molar-refractivity contribution in [3.63, 3.8) is 0 Å². The second kappa shape index (κ2) is 21.9. The van der Waals surface area contributed by atoms with E-state index in [0.29, 0.717) is 0 Å². The lowest BCUT2D eigenvalue weighted by atomic mass is 9.91. The van der Waals surface area contributed by atoms with Crippen molar-refractivity contribution >= 4 is 131 Å². The van der Waals surface area contributed by atoms with Gasteiger partial charge in [0.1, 0.15) is 0 Å². The molecule has 14 aromatic rings. The maximum Gasteiger partial charge on any atom is 0.0540 e. The minimum absolute atomic E-state index is 1.04. The van der Waals surface area contributed by atoms with Crippen molar-refractivity contribution in [3.8, 4) is 0 Å². The van der Waals surface area contributed by atoms with Crippen LogP contribution in [0, 0.1) is 41.5 Å². The molecule has 0 fully saturated rings. The molecule has 0 atom stereocenters. The number of hydrogen-bond donors (Lipinski definition) is 0. The Kier molecular flexibility index (Phi) is 14.2. The van der Waals surface area contributed by atoms with E-state index in [2.05, 4.69) is 326 Å². The van der Waals surface area contributed by atoms with Crippen molar-refractivity contribution in [2.45, 2.75) is 48.0 Å². The van der Waals surface area contributed by atoms with E-state index in [-0.39, 0.29) is 0 Å². The third-order valence-electron chi connectivity index (χ3n) is 15.9. The Bertz CT molecular complexity index is 4190. The normalized spacial score (nSPS) is 11.3. The molecule has 0 aliphatic carbocycles. The predicted octanol–water partition coefficient (Wildman–Crippen LogP) is 22.8. The fourth-order valence-electron chi connectivity index (χ4n) is 12.1. The van der Waals surface area contributed by atoms with E-state index in [1.54, 1.807) is 0 Å². The molecule has 0 bridgehead atoms. The van der Waals surface area contributed by atoms with E-state index in [1.165, 1.54) is 132 Å². The lowest BCUT2D eigenvalue weighted by molar-refractivity contribution is 1.12. The van der Waals surface area contributed by atoms with Gasteiger partial charge in [-0.15, -0.1) is 0 Å². The molecule has 0 saturated carbocycles. The molecule has 0 aliphatic heterocycles. The minimum atomic E-state index is 1.04. The fraction of sp³-hybridized carbons (Fsp3) is 0.0933. The van der Waals surface area contributed by atoms with Gasteiger partial charge in [0.2, 0.25) is 0 Å². The zero-order valence-electron chi connectivity index (χ0n) is 45.5. The summed E-state index contributed by atoms with van der Waals surface area (Å²) in [6.07, 6.45) is 1.04. The third-order valence-corrected chi connectivity index (χ3v) is 17.3. The highest BCUT2D eigenvalue weighted by molar-refractivity contribution is 9.11. The molecule has 0 radical (unpaired) electrons. The van der Waals surface area contributed by atoms with Crippen molar-refractivity contribution < 1.29 is 0 Å². The lowest BCUT2D eigenvalue weighted by Crippen LogP contribution is -2.14. The second-order valence-electron chi connectivity index (χ2n) is 21.0. The molecule has 0 aromatic heterocycles. The van der Waals surface area contributed by atoms with E-state index in [9.17, 15) is 0 Å². The van der Waals surface area contributed by atoms with Crippen LogP contribution in [0.4, 0.5) is 34.1 Å². The van der Waals surface area contributed by atoms with Crippen LogP contribution in [0.1, 0.15) is 44.5 Å². The average Bonchev–Trinajstić information content (AvgIpc) is 3.67. The van der Waals surface area contributed by atoms with Crippen LogP contribution in [0.5, 0.6) is 0 Å². The van der Waals surface area contributed by atoms with Crippen LogP contribution in [0.15, 0.2) is 252 Å². The predicted molar refractivity (Wildman–Crippen MR) is 349 cm³/mol. The van der Waals surface area contributed by atoms with E-state index in [4.69, 9.17) is 0 Å². The Hall–Kier alpha value is -8.28. The molecule has 0 spiro atoms. The van der Waals surface area contributed by atoms with Gasteiger partial charge in [-0.3, -0.25) is 0 Å². The van der Waals surface area contributed by atoms with Gasteiger partial charge in [-0.05, 0) is 195 Å². The number of benzene rings is 14. The number of halogens is 2. The maximum absolute atomic E-state index is 3.65. The molecule has 14 aromatic carbocycles. The Morgan fingerprint density at radius 3 is 0.962 bits per heavy atom. The molecule has 0 unspecified atom stereocenters. The maximum atomic E-state index is 3.65. The number of nitrogens with zero attached hydrogens (tertiary/aromatic N) is 2. The Balaban J connectivity index is 0.000000152.